The van der Waals surface area contributed by atoms with Gasteiger partial charge in [0, 0.05) is 22.2 Å². The Labute approximate surface area is 160 Å². The van der Waals surface area contributed by atoms with Crippen LogP contribution in [0.2, 0.25) is 10.0 Å². The van der Waals surface area contributed by atoms with Crippen molar-refractivity contribution in [1.29, 1.82) is 0 Å². The van der Waals surface area contributed by atoms with Gasteiger partial charge in [0.15, 0.2) is 0 Å². The average Bonchev–Trinajstić information content (AvgIpc) is 2.52. The van der Waals surface area contributed by atoms with E-state index >= 15 is 0 Å². The standard InChI is InChI=1S/C21H25Cl2NO/c1-13(21-10-14-6-15(11-21)8-16(7-14)12-21)24-20(25)5-3-17-2-4-18(22)9-19(17)23/h2-5,9,13-16H,6-8,10-12H2,1H3,(H,24,25)/b5-3+/t13-,14?,15?,16?,21?/m1/s1. The van der Waals surface area contributed by atoms with Crippen LogP contribution in [0.5, 0.6) is 0 Å². The summed E-state index contributed by atoms with van der Waals surface area (Å²) in [5.74, 6) is 2.66. The van der Waals surface area contributed by atoms with E-state index in [0.29, 0.717) is 15.5 Å². The van der Waals surface area contributed by atoms with Gasteiger partial charge in [-0.3, -0.25) is 4.79 Å². The lowest BCUT2D eigenvalue weighted by atomic mass is 9.48. The van der Waals surface area contributed by atoms with Crippen LogP contribution < -0.4 is 5.32 Å². The lowest BCUT2D eigenvalue weighted by Crippen LogP contribution is -2.55. The van der Waals surface area contributed by atoms with Gasteiger partial charge in [-0.2, -0.15) is 0 Å². The Hall–Kier alpha value is -0.990. The first-order valence-corrected chi connectivity index (χ1v) is 10.1. The number of carbonyl (C=O) groups is 1. The normalized spacial score (nSPS) is 34.4. The number of hydrogen-bond acceptors (Lipinski definition) is 1. The molecule has 5 rings (SSSR count). The molecule has 1 amide bonds. The number of carbonyl (C=O) groups excluding carboxylic acids is 1. The summed E-state index contributed by atoms with van der Waals surface area (Å²) in [4.78, 5) is 12.4. The molecule has 0 radical (unpaired) electrons. The molecule has 25 heavy (non-hydrogen) atoms. The monoisotopic (exact) mass is 377 g/mol. The fourth-order valence-corrected chi connectivity index (χ4v) is 6.40. The van der Waals surface area contributed by atoms with Crippen LogP contribution in [-0.4, -0.2) is 11.9 Å². The van der Waals surface area contributed by atoms with Crippen molar-refractivity contribution in [3.8, 4) is 0 Å². The smallest absolute Gasteiger partial charge is 0.244 e. The van der Waals surface area contributed by atoms with E-state index in [1.54, 1.807) is 24.3 Å². The van der Waals surface area contributed by atoms with Crippen molar-refractivity contribution >= 4 is 35.2 Å². The highest BCUT2D eigenvalue weighted by molar-refractivity contribution is 6.35. The maximum absolute atomic E-state index is 12.4. The van der Waals surface area contributed by atoms with Gasteiger partial charge in [-0.15, -0.1) is 0 Å². The molecule has 1 N–H and O–H groups in total. The minimum Gasteiger partial charge on any atom is -0.350 e. The quantitative estimate of drug-likeness (QED) is 0.667. The Balaban J connectivity index is 1.41. The summed E-state index contributed by atoms with van der Waals surface area (Å²) in [5, 5.41) is 4.40. The molecule has 1 aromatic rings. The number of halogens is 2. The average molecular weight is 378 g/mol. The molecule has 1 atom stereocenters. The molecule has 1 aromatic carbocycles. The van der Waals surface area contributed by atoms with Crippen molar-refractivity contribution in [2.75, 3.05) is 0 Å². The third-order valence-corrected chi connectivity index (χ3v) is 7.30. The molecule has 2 nitrogen and oxygen atoms in total. The highest BCUT2D eigenvalue weighted by atomic mass is 35.5. The summed E-state index contributed by atoms with van der Waals surface area (Å²) in [6, 6.07) is 5.54. The second-order valence-electron chi connectivity index (χ2n) is 8.51. The highest BCUT2D eigenvalue weighted by Crippen LogP contribution is 2.61. The minimum atomic E-state index is -0.0331. The van der Waals surface area contributed by atoms with E-state index in [2.05, 4.69) is 12.2 Å². The molecule has 4 bridgehead atoms. The lowest BCUT2D eigenvalue weighted by molar-refractivity contribution is -0.121. The largest absolute Gasteiger partial charge is 0.350 e. The van der Waals surface area contributed by atoms with Crippen molar-refractivity contribution in [1.82, 2.24) is 5.32 Å². The molecule has 0 aliphatic heterocycles. The number of benzene rings is 1. The van der Waals surface area contributed by atoms with Crippen LogP contribution in [0.1, 0.15) is 51.0 Å². The van der Waals surface area contributed by atoms with Gasteiger partial charge >= 0.3 is 0 Å². The summed E-state index contributed by atoms with van der Waals surface area (Å²) in [5.41, 5.74) is 1.14. The fourth-order valence-electron chi connectivity index (χ4n) is 5.92. The molecule has 0 spiro atoms. The van der Waals surface area contributed by atoms with Crippen molar-refractivity contribution in [3.63, 3.8) is 0 Å². The van der Waals surface area contributed by atoms with Gasteiger partial charge < -0.3 is 5.32 Å². The molecule has 4 fully saturated rings. The van der Waals surface area contributed by atoms with Gasteiger partial charge in [0.25, 0.3) is 0 Å². The molecule has 4 saturated carbocycles. The van der Waals surface area contributed by atoms with Gasteiger partial charge in [0.05, 0.1) is 0 Å². The maximum atomic E-state index is 12.4. The molecule has 0 unspecified atom stereocenters. The van der Waals surface area contributed by atoms with Crippen molar-refractivity contribution in [3.05, 3.63) is 39.9 Å². The first-order valence-electron chi connectivity index (χ1n) is 9.37. The third-order valence-electron chi connectivity index (χ3n) is 6.74. The zero-order valence-electron chi connectivity index (χ0n) is 14.6. The summed E-state index contributed by atoms with van der Waals surface area (Å²) in [7, 11) is 0. The van der Waals surface area contributed by atoms with E-state index in [1.165, 1.54) is 38.5 Å². The minimum absolute atomic E-state index is 0.0331. The first kappa shape index (κ1) is 17.4. The van der Waals surface area contributed by atoms with Crippen LogP contribution in [-0.2, 0) is 4.79 Å². The Morgan fingerprint density at radius 1 is 1.16 bits per heavy atom. The lowest BCUT2D eigenvalue weighted by Gasteiger charge is -2.59. The molecule has 4 heteroatoms. The van der Waals surface area contributed by atoms with Crippen LogP contribution >= 0.6 is 23.2 Å². The summed E-state index contributed by atoms with van der Waals surface area (Å²) in [6.07, 6.45) is 11.5. The Morgan fingerprint density at radius 3 is 2.32 bits per heavy atom. The van der Waals surface area contributed by atoms with Crippen molar-refractivity contribution in [2.45, 2.75) is 51.5 Å². The van der Waals surface area contributed by atoms with E-state index in [9.17, 15) is 4.79 Å². The topological polar surface area (TPSA) is 29.1 Å². The number of rotatable bonds is 4. The predicted molar refractivity (Wildman–Crippen MR) is 104 cm³/mol. The van der Waals surface area contributed by atoms with E-state index in [4.69, 9.17) is 23.2 Å². The second kappa shape index (κ2) is 6.63. The van der Waals surface area contributed by atoms with Crippen molar-refractivity contribution in [2.24, 2.45) is 23.2 Å². The first-order chi connectivity index (χ1) is 11.9. The fraction of sp³-hybridized carbons (Fsp3) is 0.571. The van der Waals surface area contributed by atoms with Gasteiger partial charge in [0.2, 0.25) is 5.91 Å². The number of nitrogens with one attached hydrogen (secondary N) is 1. The third kappa shape index (κ3) is 3.48. The van der Waals surface area contributed by atoms with E-state index in [0.717, 1.165) is 23.3 Å². The Morgan fingerprint density at radius 2 is 1.76 bits per heavy atom. The SMILES string of the molecule is C[C@@H](NC(=O)/C=C/c1ccc(Cl)cc1Cl)C12CC3CC(CC(C3)C1)C2. The molecule has 0 heterocycles. The van der Waals surface area contributed by atoms with Crippen LogP contribution in [0.3, 0.4) is 0 Å². The van der Waals surface area contributed by atoms with Crippen LogP contribution in [0.4, 0.5) is 0 Å². The van der Waals surface area contributed by atoms with Crippen molar-refractivity contribution < 1.29 is 4.79 Å². The molecular weight excluding hydrogens is 353 g/mol. The number of hydrogen-bond donors (Lipinski definition) is 1. The number of amides is 1. The Bertz CT molecular complexity index is 677. The molecule has 0 aromatic heterocycles. The molecule has 4 aliphatic rings. The summed E-state index contributed by atoms with van der Waals surface area (Å²) in [6.45, 7) is 2.20. The van der Waals surface area contributed by atoms with E-state index in [-0.39, 0.29) is 11.9 Å². The maximum Gasteiger partial charge on any atom is 0.244 e. The Kier molecular flexibility index (Phi) is 4.62. The van der Waals surface area contributed by atoms with Gasteiger partial charge in [0.1, 0.15) is 0 Å². The second-order valence-corrected chi connectivity index (χ2v) is 9.35. The van der Waals surface area contributed by atoms with Crippen LogP contribution in [0.25, 0.3) is 6.08 Å². The van der Waals surface area contributed by atoms with E-state index < -0.39 is 0 Å². The molecule has 0 saturated heterocycles. The zero-order valence-corrected chi connectivity index (χ0v) is 16.1. The van der Waals surface area contributed by atoms with Crippen LogP contribution in [0.15, 0.2) is 24.3 Å². The van der Waals surface area contributed by atoms with Gasteiger partial charge in [-0.1, -0.05) is 29.3 Å². The molecular formula is C21H25Cl2NO. The van der Waals surface area contributed by atoms with E-state index in [1.807, 2.05) is 6.07 Å². The van der Waals surface area contributed by atoms with Crippen LogP contribution in [0, 0.1) is 23.2 Å². The van der Waals surface area contributed by atoms with Gasteiger partial charge in [-0.05, 0) is 92.4 Å². The molecule has 134 valence electrons. The predicted octanol–water partition coefficient (Wildman–Crippen LogP) is 5.73. The summed E-state index contributed by atoms with van der Waals surface area (Å²) >= 11 is 12.1. The summed E-state index contributed by atoms with van der Waals surface area (Å²) < 4.78 is 0. The van der Waals surface area contributed by atoms with Gasteiger partial charge in [-0.25, -0.2) is 0 Å². The zero-order chi connectivity index (χ0) is 17.6. The highest BCUT2D eigenvalue weighted by Gasteiger charge is 2.53. The molecule has 4 aliphatic carbocycles.